The van der Waals surface area contributed by atoms with Crippen LogP contribution in [0, 0.1) is 5.82 Å². The Hall–Kier alpha value is -1.09. The van der Waals surface area contributed by atoms with Crippen LogP contribution in [0.2, 0.25) is 0 Å². The Kier molecular flexibility index (Phi) is 3.11. The van der Waals surface area contributed by atoms with Gasteiger partial charge < -0.3 is 10.4 Å². The fourth-order valence-corrected chi connectivity index (χ4v) is 1.33. The van der Waals surface area contributed by atoms with Crippen molar-refractivity contribution in [3.8, 4) is 5.75 Å². The van der Waals surface area contributed by atoms with Gasteiger partial charge >= 0.3 is 0 Å². The van der Waals surface area contributed by atoms with Gasteiger partial charge in [0.05, 0.1) is 0 Å². The molecule has 0 aliphatic heterocycles. The molecule has 0 fully saturated rings. The lowest BCUT2D eigenvalue weighted by atomic mass is 9.95. The fourth-order valence-electron chi connectivity index (χ4n) is 1.33. The van der Waals surface area contributed by atoms with Crippen LogP contribution in [0.4, 0.5) is 4.39 Å². The van der Waals surface area contributed by atoms with E-state index in [1.807, 2.05) is 20.9 Å². The molecule has 1 aromatic carbocycles. The molecule has 0 amide bonds. The monoisotopic (exact) mass is 197 g/mol. The highest BCUT2D eigenvalue weighted by Gasteiger charge is 2.15. The smallest absolute Gasteiger partial charge is 0.127 e. The van der Waals surface area contributed by atoms with Crippen molar-refractivity contribution >= 4 is 0 Å². The third-order valence-corrected chi connectivity index (χ3v) is 2.27. The Balaban J connectivity index is 2.87. The minimum absolute atomic E-state index is 0.0214. The number of phenolic OH excluding ortho intramolecular Hbond substituents is 1. The first-order chi connectivity index (χ1) is 6.43. The molecule has 0 aromatic heterocycles. The maximum atomic E-state index is 12.9. The van der Waals surface area contributed by atoms with Gasteiger partial charge in [-0.15, -0.1) is 0 Å². The predicted molar refractivity (Wildman–Crippen MR) is 54.9 cm³/mol. The summed E-state index contributed by atoms with van der Waals surface area (Å²) >= 11 is 0. The van der Waals surface area contributed by atoms with Gasteiger partial charge in [0, 0.05) is 11.6 Å². The van der Waals surface area contributed by atoms with E-state index >= 15 is 0 Å². The number of halogens is 1. The summed E-state index contributed by atoms with van der Waals surface area (Å²) in [6, 6.07) is 4.14. The molecule has 0 aliphatic rings. The molecule has 0 saturated carbocycles. The molecule has 2 nitrogen and oxygen atoms in total. The lowest BCUT2D eigenvalue weighted by Gasteiger charge is -2.24. The molecule has 0 radical (unpaired) electrons. The molecule has 0 spiro atoms. The quantitative estimate of drug-likeness (QED) is 0.777. The Morgan fingerprint density at radius 3 is 2.50 bits per heavy atom. The van der Waals surface area contributed by atoms with E-state index in [9.17, 15) is 9.50 Å². The van der Waals surface area contributed by atoms with Crippen LogP contribution in [0.5, 0.6) is 5.75 Å². The van der Waals surface area contributed by atoms with Crippen LogP contribution in [0.3, 0.4) is 0 Å². The van der Waals surface area contributed by atoms with E-state index in [2.05, 4.69) is 5.32 Å². The topological polar surface area (TPSA) is 32.3 Å². The Morgan fingerprint density at radius 1 is 1.36 bits per heavy atom. The molecule has 1 rings (SSSR count). The second kappa shape index (κ2) is 3.96. The highest BCUT2D eigenvalue weighted by atomic mass is 19.1. The minimum Gasteiger partial charge on any atom is -0.508 e. The van der Waals surface area contributed by atoms with Crippen molar-refractivity contribution < 1.29 is 9.50 Å². The molecule has 78 valence electrons. The van der Waals surface area contributed by atoms with Crippen LogP contribution in [0.15, 0.2) is 18.2 Å². The van der Waals surface area contributed by atoms with Crippen LogP contribution in [0.25, 0.3) is 0 Å². The van der Waals surface area contributed by atoms with Crippen molar-refractivity contribution in [3.63, 3.8) is 0 Å². The second-order valence-electron chi connectivity index (χ2n) is 4.13. The van der Waals surface area contributed by atoms with E-state index in [4.69, 9.17) is 0 Å². The number of likely N-dealkylation sites (N-methyl/N-ethyl adjacent to an activating group) is 1. The number of rotatable bonds is 3. The summed E-state index contributed by atoms with van der Waals surface area (Å²) < 4.78 is 12.9. The average Bonchev–Trinajstić information content (AvgIpc) is 2.01. The lowest BCUT2D eigenvalue weighted by molar-refractivity contribution is 0.418. The van der Waals surface area contributed by atoms with Gasteiger partial charge in [-0.05, 0) is 45.0 Å². The van der Waals surface area contributed by atoms with Crippen LogP contribution in [-0.4, -0.2) is 17.7 Å². The van der Waals surface area contributed by atoms with E-state index < -0.39 is 5.82 Å². The number of aromatic hydroxyl groups is 1. The van der Waals surface area contributed by atoms with Crippen molar-refractivity contribution in [2.45, 2.75) is 25.8 Å². The van der Waals surface area contributed by atoms with Crippen molar-refractivity contribution in [3.05, 3.63) is 29.6 Å². The summed E-state index contributed by atoms with van der Waals surface area (Å²) in [4.78, 5) is 0. The van der Waals surface area contributed by atoms with Crippen LogP contribution >= 0.6 is 0 Å². The summed E-state index contributed by atoms with van der Waals surface area (Å²) in [7, 11) is 1.86. The van der Waals surface area contributed by atoms with Crippen molar-refractivity contribution in [1.29, 1.82) is 0 Å². The predicted octanol–water partition coefficient (Wildman–Crippen LogP) is 2.07. The molecule has 0 bridgehead atoms. The number of nitrogens with one attached hydrogen (secondary N) is 1. The summed E-state index contributed by atoms with van der Waals surface area (Å²) in [5.74, 6) is -0.418. The van der Waals surface area contributed by atoms with Crippen LogP contribution < -0.4 is 5.32 Å². The SMILES string of the molecule is CNC(C)(C)Cc1cc(O)cc(F)c1. The Morgan fingerprint density at radius 2 is 2.00 bits per heavy atom. The van der Waals surface area contributed by atoms with Gasteiger partial charge in [-0.25, -0.2) is 4.39 Å². The molecule has 3 heteroatoms. The molecule has 0 heterocycles. The number of phenols is 1. The second-order valence-corrected chi connectivity index (χ2v) is 4.13. The molecule has 0 saturated heterocycles. The molecular weight excluding hydrogens is 181 g/mol. The molecule has 0 aliphatic carbocycles. The number of hydrogen-bond donors (Lipinski definition) is 2. The van der Waals surface area contributed by atoms with Gasteiger partial charge in [0.25, 0.3) is 0 Å². The zero-order valence-electron chi connectivity index (χ0n) is 8.76. The summed E-state index contributed by atoms with van der Waals surface area (Å²) in [6.07, 6.45) is 0.675. The average molecular weight is 197 g/mol. The fraction of sp³-hybridized carbons (Fsp3) is 0.455. The molecule has 1 aromatic rings. The summed E-state index contributed by atoms with van der Waals surface area (Å²) in [6.45, 7) is 4.05. The highest BCUT2D eigenvalue weighted by molar-refractivity contribution is 5.29. The third-order valence-electron chi connectivity index (χ3n) is 2.27. The Labute approximate surface area is 83.8 Å². The van der Waals surface area contributed by atoms with E-state index in [-0.39, 0.29) is 11.3 Å². The zero-order chi connectivity index (χ0) is 10.8. The summed E-state index contributed by atoms with van der Waals surface area (Å²) in [5, 5.41) is 12.3. The van der Waals surface area contributed by atoms with Gasteiger partial charge in [-0.1, -0.05) is 0 Å². The largest absolute Gasteiger partial charge is 0.508 e. The van der Waals surface area contributed by atoms with E-state index in [0.29, 0.717) is 6.42 Å². The molecular formula is C11H16FNO. The van der Waals surface area contributed by atoms with Gasteiger partial charge in [-0.3, -0.25) is 0 Å². The normalized spacial score (nSPS) is 11.7. The lowest BCUT2D eigenvalue weighted by Crippen LogP contribution is -2.38. The minimum atomic E-state index is -0.396. The molecule has 14 heavy (non-hydrogen) atoms. The van der Waals surface area contributed by atoms with Gasteiger partial charge in [0.2, 0.25) is 0 Å². The third kappa shape index (κ3) is 3.00. The van der Waals surface area contributed by atoms with Crippen molar-refractivity contribution in [1.82, 2.24) is 5.32 Å². The van der Waals surface area contributed by atoms with Gasteiger partial charge in [-0.2, -0.15) is 0 Å². The maximum Gasteiger partial charge on any atom is 0.127 e. The van der Waals surface area contributed by atoms with E-state index in [1.165, 1.54) is 6.07 Å². The first-order valence-corrected chi connectivity index (χ1v) is 4.60. The number of benzene rings is 1. The van der Waals surface area contributed by atoms with E-state index in [0.717, 1.165) is 11.6 Å². The summed E-state index contributed by atoms with van der Waals surface area (Å²) in [5.41, 5.74) is 0.696. The standard InChI is InChI=1S/C11H16FNO/c1-11(2,13-3)7-8-4-9(12)6-10(14)5-8/h4-6,13-14H,7H2,1-3H3. The van der Waals surface area contributed by atoms with Crippen molar-refractivity contribution in [2.24, 2.45) is 0 Å². The first kappa shape index (κ1) is 11.0. The van der Waals surface area contributed by atoms with Gasteiger partial charge in [0.15, 0.2) is 0 Å². The maximum absolute atomic E-state index is 12.9. The molecule has 0 atom stereocenters. The molecule has 2 N–H and O–H groups in total. The van der Waals surface area contributed by atoms with Crippen LogP contribution in [-0.2, 0) is 6.42 Å². The Bertz CT molecular complexity index is 303. The van der Waals surface area contributed by atoms with Gasteiger partial charge in [0.1, 0.15) is 11.6 Å². The highest BCUT2D eigenvalue weighted by Crippen LogP contribution is 2.18. The molecule has 0 unspecified atom stereocenters. The van der Waals surface area contributed by atoms with E-state index in [1.54, 1.807) is 6.07 Å². The number of hydrogen-bond acceptors (Lipinski definition) is 2. The zero-order valence-corrected chi connectivity index (χ0v) is 8.76. The van der Waals surface area contributed by atoms with Crippen LogP contribution in [0.1, 0.15) is 19.4 Å². The first-order valence-electron chi connectivity index (χ1n) is 4.60. The van der Waals surface area contributed by atoms with Crippen molar-refractivity contribution in [2.75, 3.05) is 7.05 Å².